The molecule has 0 aromatic heterocycles. The molecule has 7 heteroatoms. The third-order valence-electron chi connectivity index (χ3n) is 3.05. The third kappa shape index (κ3) is 4.54. The van der Waals surface area contributed by atoms with Gasteiger partial charge in [0, 0.05) is 11.6 Å². The summed E-state index contributed by atoms with van der Waals surface area (Å²) in [5.74, 6) is 1.18. The number of halogens is 4. The predicted octanol–water partition coefficient (Wildman–Crippen LogP) is 5.07. The van der Waals surface area contributed by atoms with Gasteiger partial charge in [-0.1, -0.05) is 12.1 Å². The van der Waals surface area contributed by atoms with E-state index in [9.17, 15) is 13.2 Å². The summed E-state index contributed by atoms with van der Waals surface area (Å²) >= 11 is 3.23. The lowest BCUT2D eigenvalue weighted by Gasteiger charge is -2.15. The molecule has 0 atom stereocenters. The molecule has 0 aliphatic heterocycles. The van der Waals surface area contributed by atoms with E-state index in [2.05, 4.69) is 15.9 Å². The zero-order valence-corrected chi connectivity index (χ0v) is 14.0. The predicted molar refractivity (Wildman–Crippen MR) is 84.2 cm³/mol. The summed E-state index contributed by atoms with van der Waals surface area (Å²) in [6.45, 7) is -1.36. The van der Waals surface area contributed by atoms with Crippen LogP contribution in [-0.2, 0) is 0 Å². The van der Waals surface area contributed by atoms with Gasteiger partial charge in [0.1, 0.15) is 17.2 Å². The lowest BCUT2D eigenvalue weighted by atomic mass is 10.0. The monoisotopic (exact) mass is 390 g/mol. The second-order valence-electron chi connectivity index (χ2n) is 4.62. The van der Waals surface area contributed by atoms with Gasteiger partial charge in [-0.3, -0.25) is 0 Å². The molecule has 0 saturated heterocycles. The van der Waals surface area contributed by atoms with Crippen molar-refractivity contribution in [3.05, 3.63) is 40.9 Å². The van der Waals surface area contributed by atoms with E-state index < -0.39 is 12.8 Å². The second kappa shape index (κ2) is 7.12. The molecule has 0 spiro atoms. The van der Waals surface area contributed by atoms with Crippen LogP contribution in [0.2, 0.25) is 0 Å². The molecule has 0 bridgehead atoms. The molecule has 2 aromatic carbocycles. The van der Waals surface area contributed by atoms with E-state index >= 15 is 0 Å². The van der Waals surface area contributed by atoms with Crippen molar-refractivity contribution in [1.29, 1.82) is 0 Å². The molecule has 3 nitrogen and oxygen atoms in total. The molecule has 0 radical (unpaired) electrons. The lowest BCUT2D eigenvalue weighted by molar-refractivity contribution is -0.153. The molecule has 0 unspecified atom stereocenters. The Hall–Kier alpha value is -1.89. The Balaban J connectivity index is 2.35. The molecule has 0 amide bonds. The number of alkyl halides is 3. The van der Waals surface area contributed by atoms with Gasteiger partial charge in [0.05, 0.1) is 18.7 Å². The normalized spacial score (nSPS) is 11.2. The molecule has 0 heterocycles. The van der Waals surface area contributed by atoms with Crippen molar-refractivity contribution < 1.29 is 27.4 Å². The number of rotatable bonds is 5. The van der Waals surface area contributed by atoms with E-state index in [0.717, 1.165) is 11.1 Å². The lowest BCUT2D eigenvalue weighted by Crippen LogP contribution is -2.19. The molecule has 0 fully saturated rings. The Morgan fingerprint density at radius 3 is 2.13 bits per heavy atom. The Labute approximate surface area is 140 Å². The van der Waals surface area contributed by atoms with Crippen molar-refractivity contribution in [2.24, 2.45) is 0 Å². The molecule has 124 valence electrons. The summed E-state index contributed by atoms with van der Waals surface area (Å²) in [5, 5.41) is 0. The summed E-state index contributed by atoms with van der Waals surface area (Å²) in [6, 6.07) is 10.3. The van der Waals surface area contributed by atoms with Crippen molar-refractivity contribution in [1.82, 2.24) is 0 Å². The van der Waals surface area contributed by atoms with Crippen molar-refractivity contribution in [2.75, 3.05) is 20.8 Å². The van der Waals surface area contributed by atoms with Gasteiger partial charge in [0.2, 0.25) is 0 Å². The topological polar surface area (TPSA) is 27.7 Å². The van der Waals surface area contributed by atoms with E-state index in [4.69, 9.17) is 14.2 Å². The minimum atomic E-state index is -4.40. The van der Waals surface area contributed by atoms with Crippen LogP contribution >= 0.6 is 15.9 Å². The number of benzene rings is 2. The van der Waals surface area contributed by atoms with E-state index in [-0.39, 0.29) is 5.75 Å². The highest BCUT2D eigenvalue weighted by atomic mass is 79.9. The van der Waals surface area contributed by atoms with Gasteiger partial charge in [-0.05, 0) is 39.7 Å². The molecular formula is C16H14BrF3O3. The van der Waals surface area contributed by atoms with Crippen molar-refractivity contribution in [3.63, 3.8) is 0 Å². The Kier molecular flexibility index (Phi) is 5.41. The summed E-state index contributed by atoms with van der Waals surface area (Å²) in [5.41, 5.74) is 1.56. The molecule has 0 aliphatic carbocycles. The number of methoxy groups -OCH3 is 2. The number of hydrogen-bond acceptors (Lipinski definition) is 3. The van der Waals surface area contributed by atoms with Gasteiger partial charge in [-0.15, -0.1) is 0 Å². The van der Waals surface area contributed by atoms with E-state index in [1.165, 1.54) is 13.2 Å². The van der Waals surface area contributed by atoms with Crippen LogP contribution in [0.4, 0.5) is 13.2 Å². The maximum atomic E-state index is 12.3. The van der Waals surface area contributed by atoms with Crippen LogP contribution in [0.1, 0.15) is 0 Å². The Morgan fingerprint density at radius 2 is 1.61 bits per heavy atom. The minimum absolute atomic E-state index is 0.0661. The first-order valence-electron chi connectivity index (χ1n) is 6.55. The molecule has 23 heavy (non-hydrogen) atoms. The fraction of sp³-hybridized carbons (Fsp3) is 0.250. The van der Waals surface area contributed by atoms with Crippen LogP contribution in [0, 0.1) is 0 Å². The molecular weight excluding hydrogens is 377 g/mol. The summed E-state index contributed by atoms with van der Waals surface area (Å²) in [4.78, 5) is 0. The van der Waals surface area contributed by atoms with Gasteiger partial charge >= 0.3 is 6.18 Å². The zero-order valence-electron chi connectivity index (χ0n) is 12.4. The summed E-state index contributed by atoms with van der Waals surface area (Å²) in [6.07, 6.45) is -4.40. The highest BCUT2D eigenvalue weighted by Crippen LogP contribution is 2.39. The highest BCUT2D eigenvalue weighted by Gasteiger charge is 2.29. The van der Waals surface area contributed by atoms with Crippen molar-refractivity contribution >= 4 is 15.9 Å². The van der Waals surface area contributed by atoms with Gasteiger partial charge < -0.3 is 14.2 Å². The van der Waals surface area contributed by atoms with Crippen molar-refractivity contribution in [2.45, 2.75) is 6.18 Å². The fourth-order valence-electron chi connectivity index (χ4n) is 1.97. The largest absolute Gasteiger partial charge is 0.497 e. The number of hydrogen-bond donors (Lipinski definition) is 0. The minimum Gasteiger partial charge on any atom is -0.497 e. The van der Waals surface area contributed by atoms with Crippen LogP contribution in [0.3, 0.4) is 0 Å². The van der Waals surface area contributed by atoms with E-state index in [0.29, 0.717) is 16.0 Å². The molecule has 0 aliphatic rings. The van der Waals surface area contributed by atoms with E-state index in [1.807, 2.05) is 12.1 Å². The van der Waals surface area contributed by atoms with Crippen molar-refractivity contribution in [3.8, 4) is 28.4 Å². The fourth-order valence-corrected chi connectivity index (χ4v) is 2.43. The van der Waals surface area contributed by atoms with Crippen LogP contribution in [0.25, 0.3) is 11.1 Å². The van der Waals surface area contributed by atoms with Crippen LogP contribution in [0.15, 0.2) is 40.9 Å². The van der Waals surface area contributed by atoms with Crippen LogP contribution in [0.5, 0.6) is 17.2 Å². The maximum Gasteiger partial charge on any atom is 0.422 e. The molecule has 2 rings (SSSR count). The first-order chi connectivity index (χ1) is 10.8. The number of ether oxygens (including phenoxy) is 3. The zero-order chi connectivity index (χ0) is 17.0. The SMILES string of the molecule is COc1ccc(-c2cc(Br)c(OCC(F)(F)F)cc2OC)cc1. The first-order valence-corrected chi connectivity index (χ1v) is 7.35. The Bertz CT molecular complexity index is 670. The molecule has 0 saturated carbocycles. The van der Waals surface area contributed by atoms with Gasteiger partial charge in [0.25, 0.3) is 0 Å². The average molecular weight is 391 g/mol. The van der Waals surface area contributed by atoms with Crippen LogP contribution < -0.4 is 14.2 Å². The third-order valence-corrected chi connectivity index (χ3v) is 3.67. The highest BCUT2D eigenvalue weighted by molar-refractivity contribution is 9.10. The second-order valence-corrected chi connectivity index (χ2v) is 5.47. The standard InChI is InChI=1S/C16H14BrF3O3/c1-21-11-5-3-10(4-6-11)12-7-13(17)15(8-14(12)22-2)23-9-16(18,19)20/h3-8H,9H2,1-2H3. The van der Waals surface area contributed by atoms with Gasteiger partial charge in [0.15, 0.2) is 6.61 Å². The molecule has 0 N–H and O–H groups in total. The Morgan fingerprint density at radius 1 is 0.957 bits per heavy atom. The maximum absolute atomic E-state index is 12.3. The van der Waals surface area contributed by atoms with Crippen LogP contribution in [-0.4, -0.2) is 27.0 Å². The van der Waals surface area contributed by atoms with Gasteiger partial charge in [-0.25, -0.2) is 0 Å². The summed E-state index contributed by atoms with van der Waals surface area (Å²) < 4.78 is 52.4. The van der Waals surface area contributed by atoms with Gasteiger partial charge in [-0.2, -0.15) is 13.2 Å². The average Bonchev–Trinajstić information content (AvgIpc) is 2.52. The quantitative estimate of drug-likeness (QED) is 0.712. The molecule has 2 aromatic rings. The smallest absolute Gasteiger partial charge is 0.422 e. The summed E-state index contributed by atoms with van der Waals surface area (Å²) in [7, 11) is 3.02. The first kappa shape index (κ1) is 17.5. The van der Waals surface area contributed by atoms with E-state index in [1.54, 1.807) is 25.3 Å².